The number of nitrogens with one attached hydrogen (secondary N) is 1. The summed E-state index contributed by atoms with van der Waals surface area (Å²) in [7, 11) is -4.18. The molecule has 4 aromatic rings. The highest BCUT2D eigenvalue weighted by molar-refractivity contribution is 7.92. The number of anilines is 1. The SMILES string of the molecule is CCC(C)NC(=O)C(Cc1ccccc1)N(Cc1ccc(Cl)c(Cl)c1)C(=O)CN(c1ccc(C)c(C)c1)S(=O)(=O)c1ccccc1. The number of rotatable bonds is 13. The molecule has 0 spiro atoms. The zero-order valence-corrected chi connectivity index (χ0v) is 28.7. The van der Waals surface area contributed by atoms with E-state index in [0.29, 0.717) is 27.7 Å². The molecule has 2 atom stereocenters. The van der Waals surface area contributed by atoms with E-state index in [9.17, 15) is 18.0 Å². The minimum Gasteiger partial charge on any atom is -0.352 e. The summed E-state index contributed by atoms with van der Waals surface area (Å²) in [5, 5.41) is 3.69. The van der Waals surface area contributed by atoms with Gasteiger partial charge in [0.1, 0.15) is 12.6 Å². The lowest BCUT2D eigenvalue weighted by Gasteiger charge is -2.34. The molecule has 0 aromatic heterocycles. The molecule has 0 radical (unpaired) electrons. The highest BCUT2D eigenvalue weighted by atomic mass is 35.5. The number of carbonyl (C=O) groups excluding carboxylic acids is 2. The maximum absolute atomic E-state index is 14.6. The fourth-order valence-electron chi connectivity index (χ4n) is 4.96. The largest absolute Gasteiger partial charge is 0.352 e. The van der Waals surface area contributed by atoms with Gasteiger partial charge in [-0.3, -0.25) is 13.9 Å². The average Bonchev–Trinajstić information content (AvgIpc) is 3.05. The van der Waals surface area contributed by atoms with E-state index in [2.05, 4.69) is 5.32 Å². The number of hydrogen-bond donors (Lipinski definition) is 1. The fraction of sp³-hybridized carbons (Fsp3) is 0.278. The summed E-state index contributed by atoms with van der Waals surface area (Å²) in [5.41, 5.74) is 3.69. The molecule has 0 saturated carbocycles. The minimum absolute atomic E-state index is 0.00665. The average molecular weight is 681 g/mol. The van der Waals surface area contributed by atoms with Crippen molar-refractivity contribution < 1.29 is 18.0 Å². The lowest BCUT2D eigenvalue weighted by atomic mass is 10.0. The van der Waals surface area contributed by atoms with E-state index >= 15 is 0 Å². The van der Waals surface area contributed by atoms with E-state index in [1.54, 1.807) is 48.5 Å². The maximum atomic E-state index is 14.6. The van der Waals surface area contributed by atoms with Gasteiger partial charge in [-0.05, 0) is 85.8 Å². The van der Waals surface area contributed by atoms with E-state index in [1.165, 1.54) is 17.0 Å². The van der Waals surface area contributed by atoms with Gasteiger partial charge in [-0.2, -0.15) is 0 Å². The topological polar surface area (TPSA) is 86.8 Å². The molecule has 4 aromatic carbocycles. The molecule has 0 aliphatic rings. The Morgan fingerprint density at radius 3 is 2.07 bits per heavy atom. The Labute approximate surface area is 282 Å². The van der Waals surface area contributed by atoms with Crippen LogP contribution in [0.15, 0.2) is 102 Å². The van der Waals surface area contributed by atoms with E-state index < -0.39 is 28.5 Å². The summed E-state index contributed by atoms with van der Waals surface area (Å²) < 4.78 is 29.4. The first-order valence-corrected chi connectivity index (χ1v) is 17.3. The number of nitrogens with zero attached hydrogens (tertiary/aromatic N) is 2. The van der Waals surface area contributed by atoms with Crippen LogP contribution in [-0.4, -0.2) is 43.8 Å². The molecule has 2 amide bonds. The van der Waals surface area contributed by atoms with Crippen molar-refractivity contribution in [2.24, 2.45) is 0 Å². The molecule has 0 aliphatic heterocycles. The molecule has 242 valence electrons. The Hall–Kier alpha value is -3.85. The van der Waals surface area contributed by atoms with Crippen molar-refractivity contribution in [1.29, 1.82) is 0 Å². The Balaban J connectivity index is 1.83. The number of halogens is 2. The molecule has 46 heavy (non-hydrogen) atoms. The van der Waals surface area contributed by atoms with Crippen LogP contribution in [0.25, 0.3) is 0 Å². The number of carbonyl (C=O) groups is 2. The van der Waals surface area contributed by atoms with Crippen molar-refractivity contribution in [2.45, 2.75) is 64.1 Å². The Morgan fingerprint density at radius 2 is 1.46 bits per heavy atom. The minimum atomic E-state index is -4.18. The van der Waals surface area contributed by atoms with Gasteiger partial charge in [-0.1, -0.05) is 90.8 Å². The Bertz CT molecular complexity index is 1770. The summed E-state index contributed by atoms with van der Waals surface area (Å²) in [6.07, 6.45) is 0.908. The highest BCUT2D eigenvalue weighted by Gasteiger charge is 2.35. The van der Waals surface area contributed by atoms with Gasteiger partial charge in [0.05, 0.1) is 20.6 Å². The lowest BCUT2D eigenvalue weighted by molar-refractivity contribution is -0.140. The first-order chi connectivity index (χ1) is 21.9. The van der Waals surface area contributed by atoms with Crippen LogP contribution in [0.1, 0.15) is 42.5 Å². The quantitative estimate of drug-likeness (QED) is 0.160. The molecule has 0 aliphatic carbocycles. The van der Waals surface area contributed by atoms with Crippen molar-refractivity contribution in [2.75, 3.05) is 10.8 Å². The third-order valence-electron chi connectivity index (χ3n) is 8.00. The second-order valence-corrected chi connectivity index (χ2v) is 14.1. The number of hydrogen-bond acceptors (Lipinski definition) is 4. The second-order valence-electron chi connectivity index (χ2n) is 11.4. The van der Waals surface area contributed by atoms with E-state index in [0.717, 1.165) is 21.0 Å². The van der Waals surface area contributed by atoms with Crippen LogP contribution >= 0.6 is 23.2 Å². The van der Waals surface area contributed by atoms with Gasteiger partial charge in [0.2, 0.25) is 11.8 Å². The molecular formula is C36H39Cl2N3O4S. The summed E-state index contributed by atoms with van der Waals surface area (Å²) in [6.45, 7) is 7.14. The van der Waals surface area contributed by atoms with Gasteiger partial charge in [-0.25, -0.2) is 8.42 Å². The molecule has 2 unspecified atom stereocenters. The van der Waals surface area contributed by atoms with Crippen LogP contribution in [0.2, 0.25) is 10.0 Å². The first-order valence-electron chi connectivity index (χ1n) is 15.1. The summed E-state index contributed by atoms with van der Waals surface area (Å²) in [6, 6.07) is 26.6. The van der Waals surface area contributed by atoms with Gasteiger partial charge in [0, 0.05) is 19.0 Å². The molecule has 0 heterocycles. The van der Waals surface area contributed by atoms with Crippen molar-refractivity contribution in [3.8, 4) is 0 Å². The van der Waals surface area contributed by atoms with Gasteiger partial charge in [0.25, 0.3) is 10.0 Å². The predicted octanol–water partition coefficient (Wildman–Crippen LogP) is 7.36. The number of aryl methyl sites for hydroxylation is 2. The lowest BCUT2D eigenvalue weighted by Crippen LogP contribution is -2.54. The summed E-state index contributed by atoms with van der Waals surface area (Å²) >= 11 is 12.5. The number of amides is 2. The van der Waals surface area contributed by atoms with Crippen molar-refractivity contribution in [3.05, 3.63) is 129 Å². The summed E-state index contributed by atoms with van der Waals surface area (Å²) in [4.78, 5) is 30.0. The molecular weight excluding hydrogens is 641 g/mol. The van der Waals surface area contributed by atoms with Crippen molar-refractivity contribution >= 4 is 50.7 Å². The molecule has 0 fully saturated rings. The highest BCUT2D eigenvalue weighted by Crippen LogP contribution is 2.28. The van der Waals surface area contributed by atoms with Gasteiger partial charge in [0.15, 0.2) is 0 Å². The van der Waals surface area contributed by atoms with Crippen LogP contribution in [-0.2, 0) is 32.6 Å². The zero-order chi connectivity index (χ0) is 33.4. The maximum Gasteiger partial charge on any atom is 0.264 e. The van der Waals surface area contributed by atoms with Crippen molar-refractivity contribution in [1.82, 2.24) is 10.2 Å². The smallest absolute Gasteiger partial charge is 0.264 e. The monoisotopic (exact) mass is 679 g/mol. The second kappa shape index (κ2) is 15.6. The Morgan fingerprint density at radius 1 is 0.804 bits per heavy atom. The number of sulfonamides is 1. The van der Waals surface area contributed by atoms with Crippen LogP contribution in [0, 0.1) is 13.8 Å². The van der Waals surface area contributed by atoms with E-state index in [4.69, 9.17) is 23.2 Å². The fourth-order valence-corrected chi connectivity index (χ4v) is 6.71. The molecule has 0 bridgehead atoms. The third kappa shape index (κ3) is 8.69. The molecule has 4 rings (SSSR count). The third-order valence-corrected chi connectivity index (χ3v) is 10.5. The molecule has 7 nitrogen and oxygen atoms in total. The van der Waals surface area contributed by atoms with Crippen LogP contribution < -0.4 is 9.62 Å². The van der Waals surface area contributed by atoms with Crippen molar-refractivity contribution in [3.63, 3.8) is 0 Å². The molecule has 10 heteroatoms. The molecule has 1 N–H and O–H groups in total. The number of benzene rings is 4. The summed E-state index contributed by atoms with van der Waals surface area (Å²) in [5.74, 6) is -0.890. The predicted molar refractivity (Wildman–Crippen MR) is 186 cm³/mol. The van der Waals surface area contributed by atoms with E-state index in [1.807, 2.05) is 64.1 Å². The van der Waals surface area contributed by atoms with Gasteiger partial charge in [-0.15, -0.1) is 0 Å². The Kier molecular flexibility index (Phi) is 11.9. The molecule has 0 saturated heterocycles. The standard InChI is InChI=1S/C36H39Cl2N3O4S/c1-5-27(4)39-36(43)34(22-28-12-8-6-9-13-28)40(23-29-17-19-32(37)33(38)21-29)35(42)24-41(30-18-16-25(2)26(3)20-30)46(44,45)31-14-10-7-11-15-31/h6-21,27,34H,5,22-24H2,1-4H3,(H,39,43). The van der Waals surface area contributed by atoms with Crippen LogP contribution in [0.5, 0.6) is 0 Å². The van der Waals surface area contributed by atoms with Crippen LogP contribution in [0.3, 0.4) is 0 Å². The first kappa shape index (κ1) is 35.0. The normalized spacial score (nSPS) is 12.7. The zero-order valence-electron chi connectivity index (χ0n) is 26.4. The van der Waals surface area contributed by atoms with Crippen LogP contribution in [0.4, 0.5) is 5.69 Å². The van der Waals surface area contributed by atoms with Gasteiger partial charge >= 0.3 is 0 Å². The van der Waals surface area contributed by atoms with Gasteiger partial charge < -0.3 is 10.2 Å². The van der Waals surface area contributed by atoms with E-state index in [-0.39, 0.29) is 29.8 Å².